The summed E-state index contributed by atoms with van der Waals surface area (Å²) in [6.45, 7) is 4.59. The van der Waals surface area contributed by atoms with Crippen molar-refractivity contribution in [3.63, 3.8) is 0 Å². The van der Waals surface area contributed by atoms with Crippen molar-refractivity contribution < 1.29 is 9.53 Å². The fraction of sp³-hybridized carbons (Fsp3) is 0.935. The highest BCUT2D eigenvalue weighted by molar-refractivity contribution is 5.69. The first-order valence-corrected chi connectivity index (χ1v) is 22.7. The van der Waals surface area contributed by atoms with Crippen molar-refractivity contribution in [1.82, 2.24) is 0 Å². The lowest BCUT2D eigenvalue weighted by Crippen LogP contribution is -1.98. The van der Waals surface area contributed by atoms with Gasteiger partial charge in [-0.15, -0.1) is 0 Å². The van der Waals surface area contributed by atoms with Crippen LogP contribution in [0, 0.1) is 0 Å². The maximum Gasteiger partial charge on any atom is 0.310 e. The lowest BCUT2D eigenvalue weighted by atomic mass is 10.0. The molecule has 0 aromatic rings. The molecule has 0 aliphatic rings. The Labute approximate surface area is 304 Å². The zero-order valence-corrected chi connectivity index (χ0v) is 33.5. The molecular formula is C46H90O2. The third-order valence-electron chi connectivity index (χ3n) is 10.5. The van der Waals surface area contributed by atoms with Gasteiger partial charge in [-0.2, -0.15) is 0 Å². The Kier molecular flexibility index (Phi) is 43.5. The van der Waals surface area contributed by atoms with Gasteiger partial charge >= 0.3 is 5.97 Å². The first kappa shape index (κ1) is 47.2. The number of esters is 1. The number of carbonyl (C=O) groups is 1. The maximum atomic E-state index is 11.9. The van der Waals surface area contributed by atoms with E-state index in [2.05, 4.69) is 13.8 Å². The summed E-state index contributed by atoms with van der Waals surface area (Å²) in [4.78, 5) is 11.9. The second-order valence-electron chi connectivity index (χ2n) is 15.5. The largest absolute Gasteiger partial charge is 0.435 e. The van der Waals surface area contributed by atoms with Crippen molar-refractivity contribution >= 4 is 5.97 Å². The number of hydrogen-bond acceptors (Lipinski definition) is 2. The predicted molar refractivity (Wildman–Crippen MR) is 216 cm³/mol. The Balaban J connectivity index is 3.17. The Hall–Kier alpha value is -0.790. The quantitative estimate of drug-likeness (QED) is 0.0366. The van der Waals surface area contributed by atoms with Gasteiger partial charge in [0.1, 0.15) is 0 Å². The molecule has 0 heterocycles. The topological polar surface area (TPSA) is 26.3 Å². The normalized spacial score (nSPS) is 11.6. The van der Waals surface area contributed by atoms with E-state index in [1.54, 1.807) is 6.26 Å². The second kappa shape index (κ2) is 44.2. The summed E-state index contributed by atoms with van der Waals surface area (Å²) in [5.74, 6) is -0.0562. The molecule has 286 valence electrons. The van der Waals surface area contributed by atoms with E-state index in [1.807, 2.05) is 6.08 Å². The smallest absolute Gasteiger partial charge is 0.310 e. The van der Waals surface area contributed by atoms with Crippen LogP contribution in [0.15, 0.2) is 12.3 Å². The van der Waals surface area contributed by atoms with Gasteiger partial charge in [0.2, 0.25) is 0 Å². The predicted octanol–water partition coefficient (Wildman–Crippen LogP) is 17.1. The summed E-state index contributed by atoms with van der Waals surface area (Å²) in [6.07, 6.45) is 59.9. The van der Waals surface area contributed by atoms with Crippen LogP contribution in [0.4, 0.5) is 0 Å². The summed E-state index contributed by atoms with van der Waals surface area (Å²) >= 11 is 0. The Bertz CT molecular complexity index is 611. The van der Waals surface area contributed by atoms with Crippen LogP contribution in [0.1, 0.15) is 277 Å². The molecule has 0 aliphatic carbocycles. The van der Waals surface area contributed by atoms with Crippen molar-refractivity contribution in [2.75, 3.05) is 0 Å². The zero-order chi connectivity index (χ0) is 34.7. The molecule has 48 heavy (non-hydrogen) atoms. The summed E-state index contributed by atoms with van der Waals surface area (Å²) in [6, 6.07) is 0. The number of rotatable bonds is 42. The zero-order valence-electron chi connectivity index (χ0n) is 33.5. The van der Waals surface area contributed by atoms with Crippen LogP contribution >= 0.6 is 0 Å². The van der Waals surface area contributed by atoms with Crippen LogP contribution in [-0.2, 0) is 9.53 Å². The van der Waals surface area contributed by atoms with Crippen molar-refractivity contribution in [3.05, 3.63) is 12.3 Å². The third-order valence-corrected chi connectivity index (χ3v) is 10.5. The van der Waals surface area contributed by atoms with Gasteiger partial charge in [0.05, 0.1) is 6.26 Å². The van der Waals surface area contributed by atoms with Crippen molar-refractivity contribution in [2.24, 2.45) is 0 Å². The van der Waals surface area contributed by atoms with Crippen LogP contribution in [0.2, 0.25) is 0 Å². The molecule has 0 amide bonds. The summed E-state index contributed by atoms with van der Waals surface area (Å²) in [5.41, 5.74) is 0. The van der Waals surface area contributed by atoms with E-state index in [-0.39, 0.29) is 5.97 Å². The van der Waals surface area contributed by atoms with Crippen LogP contribution in [-0.4, -0.2) is 5.97 Å². The molecule has 2 nitrogen and oxygen atoms in total. The first-order chi connectivity index (χ1) is 23.8. The van der Waals surface area contributed by atoms with Gasteiger partial charge in [0.15, 0.2) is 0 Å². The third kappa shape index (κ3) is 43.2. The standard InChI is InChI=1S/C46H90O2/c1-3-5-7-9-11-13-15-17-18-19-20-21-22-23-24-25-26-27-28-29-30-31-33-35-37-39-41-43-45-48-46(47)44-42-40-38-36-34-32-16-14-12-10-8-6-4-2/h43,45H,3-42,44H2,1-2H3. The first-order valence-electron chi connectivity index (χ1n) is 22.7. The van der Waals surface area contributed by atoms with Gasteiger partial charge in [-0.3, -0.25) is 4.79 Å². The van der Waals surface area contributed by atoms with E-state index < -0.39 is 0 Å². The number of carbonyl (C=O) groups excluding carboxylic acids is 1. The molecule has 2 heteroatoms. The number of hydrogen-bond donors (Lipinski definition) is 0. The summed E-state index contributed by atoms with van der Waals surface area (Å²) in [5, 5.41) is 0. The molecule has 0 rings (SSSR count). The van der Waals surface area contributed by atoms with Crippen LogP contribution in [0.5, 0.6) is 0 Å². The van der Waals surface area contributed by atoms with E-state index in [0.29, 0.717) is 6.42 Å². The molecular weight excluding hydrogens is 585 g/mol. The minimum absolute atomic E-state index is 0.0562. The van der Waals surface area contributed by atoms with Gasteiger partial charge in [-0.1, -0.05) is 251 Å². The second-order valence-corrected chi connectivity index (χ2v) is 15.5. The van der Waals surface area contributed by atoms with E-state index in [1.165, 1.54) is 238 Å². The fourth-order valence-electron chi connectivity index (χ4n) is 7.12. The van der Waals surface area contributed by atoms with E-state index in [9.17, 15) is 4.79 Å². The van der Waals surface area contributed by atoms with Crippen molar-refractivity contribution in [1.29, 1.82) is 0 Å². The Morgan fingerprint density at radius 3 is 0.833 bits per heavy atom. The maximum absolute atomic E-state index is 11.9. The molecule has 0 aromatic heterocycles. The molecule has 0 fully saturated rings. The number of unbranched alkanes of at least 4 members (excludes halogenated alkanes) is 38. The van der Waals surface area contributed by atoms with E-state index in [0.717, 1.165) is 19.3 Å². The number of ether oxygens (including phenoxy) is 1. The van der Waals surface area contributed by atoms with Crippen LogP contribution in [0.25, 0.3) is 0 Å². The van der Waals surface area contributed by atoms with Gasteiger partial charge < -0.3 is 4.74 Å². The average Bonchev–Trinajstić information content (AvgIpc) is 3.09. The van der Waals surface area contributed by atoms with Crippen LogP contribution < -0.4 is 0 Å². The molecule has 0 N–H and O–H groups in total. The van der Waals surface area contributed by atoms with E-state index >= 15 is 0 Å². The SMILES string of the molecule is CCCCCCCCCCCCCCCCCCCCCCCCCCCCC=COC(=O)CCCCCCCCCCCCCCC. The molecule has 0 spiro atoms. The average molecular weight is 675 g/mol. The summed E-state index contributed by atoms with van der Waals surface area (Å²) < 4.78 is 5.29. The lowest BCUT2D eigenvalue weighted by Gasteiger charge is -2.04. The minimum atomic E-state index is -0.0562. The molecule has 0 aromatic carbocycles. The van der Waals surface area contributed by atoms with Gasteiger partial charge in [0, 0.05) is 6.42 Å². The highest BCUT2D eigenvalue weighted by Crippen LogP contribution is 2.17. The molecule has 0 saturated carbocycles. The molecule has 0 atom stereocenters. The van der Waals surface area contributed by atoms with Gasteiger partial charge in [-0.05, 0) is 25.3 Å². The number of allylic oxidation sites excluding steroid dienone is 1. The van der Waals surface area contributed by atoms with Gasteiger partial charge in [0.25, 0.3) is 0 Å². The molecule has 0 bridgehead atoms. The lowest BCUT2D eigenvalue weighted by molar-refractivity contribution is -0.138. The van der Waals surface area contributed by atoms with Crippen molar-refractivity contribution in [3.8, 4) is 0 Å². The van der Waals surface area contributed by atoms with Crippen LogP contribution in [0.3, 0.4) is 0 Å². The van der Waals surface area contributed by atoms with Gasteiger partial charge in [-0.25, -0.2) is 0 Å². The van der Waals surface area contributed by atoms with E-state index in [4.69, 9.17) is 4.74 Å². The molecule has 0 aliphatic heterocycles. The molecule has 0 radical (unpaired) electrons. The minimum Gasteiger partial charge on any atom is -0.435 e. The molecule has 0 saturated heterocycles. The summed E-state index contributed by atoms with van der Waals surface area (Å²) in [7, 11) is 0. The Morgan fingerprint density at radius 2 is 0.562 bits per heavy atom. The van der Waals surface area contributed by atoms with Crippen molar-refractivity contribution in [2.45, 2.75) is 277 Å². The Morgan fingerprint density at radius 1 is 0.333 bits per heavy atom. The highest BCUT2D eigenvalue weighted by Gasteiger charge is 2.01. The highest BCUT2D eigenvalue weighted by atomic mass is 16.5. The monoisotopic (exact) mass is 675 g/mol. The fourth-order valence-corrected chi connectivity index (χ4v) is 7.12. The molecule has 0 unspecified atom stereocenters.